The third-order valence-corrected chi connectivity index (χ3v) is 7.81. The summed E-state index contributed by atoms with van der Waals surface area (Å²) in [7, 11) is 1.42. The molecule has 4 rings (SSSR count). The van der Waals surface area contributed by atoms with Gasteiger partial charge in [-0.2, -0.15) is 0 Å². The Morgan fingerprint density at radius 3 is 2.42 bits per heavy atom. The molecule has 198 valence electrons. The van der Waals surface area contributed by atoms with Crippen LogP contribution in [0.4, 0.5) is 5.69 Å². The lowest BCUT2D eigenvalue weighted by atomic mass is 9.89. The Bertz CT molecular complexity index is 1230. The molecule has 1 aromatic carbocycles. The van der Waals surface area contributed by atoms with Gasteiger partial charge >= 0.3 is 5.63 Å². The molecule has 36 heavy (non-hydrogen) atoms. The summed E-state index contributed by atoms with van der Waals surface area (Å²) in [6, 6.07) is 3.01. The first-order chi connectivity index (χ1) is 16.8. The number of anilines is 1. The lowest BCUT2D eigenvalue weighted by Gasteiger charge is -2.46. The Morgan fingerprint density at radius 2 is 1.83 bits per heavy atom. The van der Waals surface area contributed by atoms with Gasteiger partial charge in [0.2, 0.25) is 12.2 Å². The Kier molecular flexibility index (Phi) is 6.62. The van der Waals surface area contributed by atoms with Gasteiger partial charge in [0.25, 0.3) is 0 Å². The van der Waals surface area contributed by atoms with Crippen molar-refractivity contribution in [1.29, 1.82) is 0 Å². The lowest BCUT2D eigenvalue weighted by molar-refractivity contribution is -0.306. The lowest BCUT2D eigenvalue weighted by Crippen LogP contribution is -2.63. The minimum absolute atomic E-state index is 0.0612. The number of amides is 1. The van der Waals surface area contributed by atoms with Gasteiger partial charge in [-0.25, -0.2) is 4.79 Å². The van der Waals surface area contributed by atoms with Crippen LogP contribution in [0.25, 0.3) is 11.0 Å². The molecule has 1 aliphatic carbocycles. The molecule has 1 amide bonds. The molecule has 10 heteroatoms. The summed E-state index contributed by atoms with van der Waals surface area (Å²) in [5.74, 6) is -0.563. The van der Waals surface area contributed by atoms with Crippen LogP contribution in [-0.4, -0.2) is 58.5 Å². The number of aryl methyl sites for hydroxylation is 1. The van der Waals surface area contributed by atoms with Crippen molar-refractivity contribution in [2.24, 2.45) is 17.3 Å². The van der Waals surface area contributed by atoms with E-state index in [1.165, 1.54) is 19.2 Å². The maximum atomic E-state index is 12.8. The summed E-state index contributed by atoms with van der Waals surface area (Å²) in [5.41, 5.74) is -1.91. The molecule has 2 aromatic rings. The minimum Gasteiger partial charge on any atom is -0.505 e. The van der Waals surface area contributed by atoms with Crippen molar-refractivity contribution < 1.29 is 38.7 Å². The van der Waals surface area contributed by atoms with Crippen LogP contribution in [-0.2, 0) is 14.3 Å². The summed E-state index contributed by atoms with van der Waals surface area (Å²) in [6.45, 7) is 11.0. The van der Waals surface area contributed by atoms with E-state index in [4.69, 9.17) is 18.6 Å². The van der Waals surface area contributed by atoms with Crippen LogP contribution < -0.4 is 15.7 Å². The molecule has 1 saturated heterocycles. The van der Waals surface area contributed by atoms with Crippen molar-refractivity contribution in [2.75, 3.05) is 12.4 Å². The van der Waals surface area contributed by atoms with Gasteiger partial charge < -0.3 is 39.3 Å². The van der Waals surface area contributed by atoms with Gasteiger partial charge in [0.1, 0.15) is 29.6 Å². The molecule has 4 N–H and O–H groups in total. The highest BCUT2D eigenvalue weighted by Crippen LogP contribution is 2.60. The molecule has 0 bridgehead atoms. The summed E-state index contributed by atoms with van der Waals surface area (Å²) in [4.78, 5) is 25.6. The maximum Gasteiger partial charge on any atom is 0.364 e. The molecular formula is C26H35NO9. The predicted molar refractivity (Wildman–Crippen MR) is 131 cm³/mol. The zero-order valence-electron chi connectivity index (χ0n) is 21.6. The molecule has 2 unspecified atom stereocenters. The van der Waals surface area contributed by atoms with Crippen LogP contribution >= 0.6 is 0 Å². The van der Waals surface area contributed by atoms with Crippen LogP contribution in [0.3, 0.4) is 0 Å². The van der Waals surface area contributed by atoms with Gasteiger partial charge in [-0.15, -0.1) is 0 Å². The number of benzene rings is 1. The average molecular weight is 506 g/mol. The van der Waals surface area contributed by atoms with Crippen molar-refractivity contribution >= 4 is 22.6 Å². The van der Waals surface area contributed by atoms with E-state index in [0.717, 1.165) is 6.42 Å². The number of rotatable bonds is 6. The van der Waals surface area contributed by atoms with Gasteiger partial charge in [-0.05, 0) is 44.2 Å². The fourth-order valence-corrected chi connectivity index (χ4v) is 5.66. The third-order valence-electron chi connectivity index (χ3n) is 7.81. The second-order valence-corrected chi connectivity index (χ2v) is 10.8. The van der Waals surface area contributed by atoms with Gasteiger partial charge in [0, 0.05) is 18.6 Å². The predicted octanol–water partition coefficient (Wildman–Crippen LogP) is 2.68. The van der Waals surface area contributed by atoms with E-state index in [1.54, 1.807) is 20.8 Å². The number of carbonyl (C=O) groups is 1. The van der Waals surface area contributed by atoms with Gasteiger partial charge in [-0.3, -0.25) is 4.79 Å². The number of nitrogens with one attached hydrogen (secondary N) is 1. The first-order valence-electron chi connectivity index (χ1n) is 12.1. The summed E-state index contributed by atoms with van der Waals surface area (Å²) >= 11 is 0. The standard InChI is InChI=1S/C26H35NO9/c1-8-13-15(25(13,3)4)22(31)27-16-17(28)12-9-10-14(11(2)20(12)35-23(16)32)34-24-19(30)18(29)21(33-7)26(5,6)36-24/h9-10,13,15,18-19,21,24,28-30H,8H2,1-7H3,(H,27,31)/t13?,15?,18-,19+,21+,24+/m0/s1. The molecule has 2 aliphatic rings. The number of ether oxygens (including phenoxy) is 3. The molecular weight excluding hydrogens is 470 g/mol. The Balaban J connectivity index is 1.62. The largest absolute Gasteiger partial charge is 0.505 e. The van der Waals surface area contributed by atoms with Gasteiger partial charge in [-0.1, -0.05) is 27.2 Å². The molecule has 0 spiro atoms. The van der Waals surface area contributed by atoms with E-state index in [-0.39, 0.29) is 45.6 Å². The van der Waals surface area contributed by atoms with Crippen LogP contribution in [0.1, 0.15) is 46.6 Å². The number of aliphatic hydroxyl groups excluding tert-OH is 2. The van der Waals surface area contributed by atoms with Crippen molar-refractivity contribution in [1.82, 2.24) is 0 Å². The molecule has 6 atom stereocenters. The Labute approximate surface area is 209 Å². The molecule has 1 aliphatic heterocycles. The zero-order chi connectivity index (χ0) is 26.7. The number of aliphatic hydroxyl groups is 2. The van der Waals surface area contributed by atoms with Crippen LogP contribution in [0, 0.1) is 24.2 Å². The Morgan fingerprint density at radius 1 is 1.17 bits per heavy atom. The van der Waals surface area contributed by atoms with Crippen LogP contribution in [0.2, 0.25) is 0 Å². The smallest absolute Gasteiger partial charge is 0.364 e. The van der Waals surface area contributed by atoms with Crippen molar-refractivity contribution in [3.05, 3.63) is 28.1 Å². The number of methoxy groups -OCH3 is 1. The molecule has 1 aromatic heterocycles. The highest BCUT2D eigenvalue weighted by atomic mass is 16.7. The highest BCUT2D eigenvalue weighted by Gasteiger charge is 2.60. The molecule has 2 heterocycles. The van der Waals surface area contributed by atoms with E-state index < -0.39 is 41.6 Å². The molecule has 2 fully saturated rings. The molecule has 10 nitrogen and oxygen atoms in total. The second kappa shape index (κ2) is 9.02. The second-order valence-electron chi connectivity index (χ2n) is 10.8. The van der Waals surface area contributed by atoms with E-state index >= 15 is 0 Å². The quantitative estimate of drug-likeness (QED) is 0.435. The average Bonchev–Trinajstić information content (AvgIpc) is 3.37. The van der Waals surface area contributed by atoms with Crippen molar-refractivity contribution in [2.45, 2.75) is 78.2 Å². The minimum atomic E-state index is -1.41. The number of carbonyl (C=O) groups excluding carboxylic acids is 1. The molecule has 1 saturated carbocycles. The first kappa shape index (κ1) is 26.4. The maximum absolute atomic E-state index is 12.8. The fraction of sp³-hybridized carbons (Fsp3) is 0.615. The zero-order valence-corrected chi connectivity index (χ0v) is 21.6. The van der Waals surface area contributed by atoms with E-state index in [1.807, 2.05) is 20.8 Å². The van der Waals surface area contributed by atoms with Crippen molar-refractivity contribution in [3.8, 4) is 11.5 Å². The van der Waals surface area contributed by atoms with E-state index in [0.29, 0.717) is 5.56 Å². The van der Waals surface area contributed by atoms with E-state index in [9.17, 15) is 24.9 Å². The van der Waals surface area contributed by atoms with Crippen molar-refractivity contribution in [3.63, 3.8) is 0 Å². The first-order valence-corrected chi connectivity index (χ1v) is 12.1. The summed E-state index contributed by atoms with van der Waals surface area (Å²) in [5, 5.41) is 34.6. The number of fused-ring (bicyclic) bond motifs is 1. The Hall–Kier alpha value is -2.66. The van der Waals surface area contributed by atoms with Gasteiger partial charge in [0.15, 0.2) is 11.4 Å². The number of hydrogen-bond donors (Lipinski definition) is 4. The number of aromatic hydroxyl groups is 1. The number of hydrogen-bond acceptors (Lipinski definition) is 9. The van der Waals surface area contributed by atoms with Crippen LogP contribution in [0.5, 0.6) is 11.5 Å². The normalized spacial score (nSPS) is 30.7. The highest BCUT2D eigenvalue weighted by molar-refractivity contribution is 6.00. The van der Waals surface area contributed by atoms with Crippen LogP contribution in [0.15, 0.2) is 21.3 Å². The topological polar surface area (TPSA) is 148 Å². The van der Waals surface area contributed by atoms with Gasteiger partial charge in [0.05, 0.1) is 11.0 Å². The third kappa shape index (κ3) is 4.15. The fourth-order valence-electron chi connectivity index (χ4n) is 5.66. The summed E-state index contributed by atoms with van der Waals surface area (Å²) in [6.07, 6.45) is -3.84. The van der Waals surface area contributed by atoms with E-state index in [2.05, 4.69) is 5.32 Å². The SMILES string of the molecule is CCC1C(C(=O)Nc2c(O)c3ccc(O[C@@H]4OC(C)(C)[C@H](OC)[C@@H](O)[C@H]4O)c(C)c3oc2=O)C1(C)C. The monoisotopic (exact) mass is 505 g/mol. The summed E-state index contributed by atoms with van der Waals surface area (Å²) < 4.78 is 22.5. The molecule has 0 radical (unpaired) electrons.